The van der Waals surface area contributed by atoms with E-state index in [1.54, 1.807) is 0 Å². The van der Waals surface area contributed by atoms with Crippen LogP contribution in [0.3, 0.4) is 0 Å². The molecule has 34 heavy (non-hydrogen) atoms. The second-order valence-corrected chi connectivity index (χ2v) is 9.31. The third-order valence-corrected chi connectivity index (χ3v) is 6.87. The molecule has 0 saturated heterocycles. The van der Waals surface area contributed by atoms with E-state index in [1.807, 2.05) is 0 Å². The summed E-state index contributed by atoms with van der Waals surface area (Å²) >= 11 is 0. The minimum Gasteiger partial charge on any atom is -0.252 e. The third-order valence-electron chi connectivity index (χ3n) is 6.87. The van der Waals surface area contributed by atoms with Gasteiger partial charge in [0.05, 0.1) is 22.8 Å². The van der Waals surface area contributed by atoms with Gasteiger partial charge in [0.2, 0.25) is 0 Å². The Kier molecular flexibility index (Phi) is 12.9. The van der Waals surface area contributed by atoms with Crippen molar-refractivity contribution >= 4 is 22.8 Å². The minimum absolute atomic E-state index is 0.902. The molecule has 0 unspecified atom stereocenters. The van der Waals surface area contributed by atoms with Gasteiger partial charge in [0.15, 0.2) is 0 Å². The van der Waals surface area contributed by atoms with Crippen LogP contribution >= 0.6 is 0 Å². The first-order valence-electron chi connectivity index (χ1n) is 14.0. The molecule has 0 atom stereocenters. The van der Waals surface area contributed by atoms with Crippen molar-refractivity contribution in [3.63, 3.8) is 0 Å². The molecule has 0 radical (unpaired) electrons. The van der Waals surface area contributed by atoms with Crippen molar-refractivity contribution in [1.29, 1.82) is 0 Å². The van der Waals surface area contributed by atoms with Crippen molar-refractivity contribution in [2.45, 2.75) is 119 Å². The van der Waals surface area contributed by atoms with Gasteiger partial charge in [0.1, 0.15) is 0 Å². The number of benzene rings is 2. The van der Waals surface area contributed by atoms with E-state index in [-0.39, 0.29) is 0 Å². The van der Waals surface area contributed by atoms with Crippen LogP contribution in [-0.2, 0) is 25.7 Å². The van der Waals surface area contributed by atoms with E-state index in [1.165, 1.54) is 66.5 Å². The number of nitrogens with zero attached hydrogens (tertiary/aromatic N) is 2. The van der Waals surface area contributed by atoms with Gasteiger partial charge < -0.3 is 0 Å². The van der Waals surface area contributed by atoms with Gasteiger partial charge in [-0.05, 0) is 91.5 Å². The third kappa shape index (κ3) is 8.53. The molecule has 0 amide bonds. The first-order chi connectivity index (χ1) is 16.6. The van der Waals surface area contributed by atoms with E-state index in [2.05, 4.69) is 77.9 Å². The number of rotatable bonds is 15. The van der Waals surface area contributed by atoms with Crippen LogP contribution in [-0.4, -0.2) is 11.4 Å². The van der Waals surface area contributed by atoms with Gasteiger partial charge in [-0.2, -0.15) is 0 Å². The van der Waals surface area contributed by atoms with Gasteiger partial charge in [-0.1, -0.05) is 85.8 Å². The first-order valence-corrected chi connectivity index (χ1v) is 14.0. The van der Waals surface area contributed by atoms with Crippen LogP contribution < -0.4 is 0 Å². The largest absolute Gasteiger partial charge is 0.252 e. The molecule has 2 rings (SSSR count). The van der Waals surface area contributed by atoms with Gasteiger partial charge >= 0.3 is 0 Å². The van der Waals surface area contributed by atoms with E-state index >= 15 is 0 Å². The quantitative estimate of drug-likeness (QED) is 0.186. The number of hydrogen-bond acceptors (Lipinski definition) is 2. The van der Waals surface area contributed by atoms with Crippen LogP contribution in [0, 0.1) is 0 Å². The zero-order chi connectivity index (χ0) is 24.8. The van der Waals surface area contributed by atoms with Gasteiger partial charge in [-0.25, -0.2) is 0 Å². The van der Waals surface area contributed by atoms with Crippen LogP contribution in [0.25, 0.3) is 0 Å². The first kappa shape index (κ1) is 28.0. The molecule has 2 heteroatoms. The Morgan fingerprint density at radius 1 is 0.529 bits per heavy atom. The second-order valence-electron chi connectivity index (χ2n) is 9.31. The monoisotopic (exact) mass is 460 g/mol. The van der Waals surface area contributed by atoms with Crippen LogP contribution in [0.4, 0.5) is 11.4 Å². The highest BCUT2D eigenvalue weighted by molar-refractivity contribution is 6.43. The van der Waals surface area contributed by atoms with Gasteiger partial charge in [-0.3, -0.25) is 9.98 Å². The Labute approximate surface area is 210 Å². The number of aryl methyl sites for hydroxylation is 4. The molecular formula is C32H48N2. The standard InChI is InChI=1S/C32H48N2/c1-7-13-14-15-16-17-18-32(34-30-22-20-26(9-3)28(11-5)24-30)31(12-6)33-29-21-19-25(8-2)27(10-4)23-29/h19-24H,7-18H2,1-6H3. The van der Waals surface area contributed by atoms with Crippen molar-refractivity contribution < 1.29 is 0 Å². The van der Waals surface area contributed by atoms with E-state index in [9.17, 15) is 0 Å². The lowest BCUT2D eigenvalue weighted by Crippen LogP contribution is -2.13. The van der Waals surface area contributed by atoms with E-state index in [4.69, 9.17) is 9.98 Å². The van der Waals surface area contributed by atoms with E-state index in [0.717, 1.165) is 55.6 Å². The van der Waals surface area contributed by atoms with Crippen molar-refractivity contribution in [2.75, 3.05) is 0 Å². The molecule has 0 bridgehead atoms. The molecule has 2 aromatic carbocycles. The Balaban J connectivity index is 2.38. The fraction of sp³-hybridized carbons (Fsp3) is 0.562. The molecule has 0 fully saturated rings. The fourth-order valence-electron chi connectivity index (χ4n) is 4.71. The number of aliphatic imine (C=N–C) groups is 2. The molecular weight excluding hydrogens is 412 g/mol. The summed E-state index contributed by atoms with van der Waals surface area (Å²) in [6.45, 7) is 13.4. The Morgan fingerprint density at radius 2 is 1.00 bits per heavy atom. The Bertz CT molecular complexity index is 936. The molecule has 0 aliphatic rings. The average Bonchev–Trinajstić information content (AvgIpc) is 2.88. The highest BCUT2D eigenvalue weighted by Gasteiger charge is 2.11. The predicted molar refractivity (Wildman–Crippen MR) is 153 cm³/mol. The molecule has 0 aliphatic carbocycles. The summed E-state index contributed by atoms with van der Waals surface area (Å²) in [6, 6.07) is 13.5. The van der Waals surface area contributed by atoms with Crippen LogP contribution in [0.1, 0.15) is 115 Å². The molecule has 0 saturated carbocycles. The summed E-state index contributed by atoms with van der Waals surface area (Å²) in [7, 11) is 0. The smallest absolute Gasteiger partial charge is 0.0636 e. The average molecular weight is 461 g/mol. The van der Waals surface area contributed by atoms with E-state index < -0.39 is 0 Å². The normalized spacial score (nSPS) is 12.4. The van der Waals surface area contributed by atoms with Crippen molar-refractivity contribution in [1.82, 2.24) is 0 Å². The Hall–Kier alpha value is -2.22. The summed E-state index contributed by atoms with van der Waals surface area (Å²) in [5.74, 6) is 0. The molecule has 0 aromatic heterocycles. The van der Waals surface area contributed by atoms with E-state index in [0.29, 0.717) is 0 Å². The maximum Gasteiger partial charge on any atom is 0.0636 e. The summed E-state index contributed by atoms with van der Waals surface area (Å²) in [5, 5.41) is 0. The van der Waals surface area contributed by atoms with Crippen LogP contribution in [0.5, 0.6) is 0 Å². The lowest BCUT2D eigenvalue weighted by atomic mass is 10.0. The maximum absolute atomic E-state index is 5.21. The lowest BCUT2D eigenvalue weighted by Gasteiger charge is -2.12. The predicted octanol–water partition coefficient (Wildman–Crippen LogP) is 9.94. The molecule has 0 aliphatic heterocycles. The van der Waals surface area contributed by atoms with Crippen LogP contribution in [0.15, 0.2) is 46.4 Å². The topological polar surface area (TPSA) is 24.7 Å². The number of unbranched alkanes of at least 4 members (excludes halogenated alkanes) is 5. The molecule has 186 valence electrons. The zero-order valence-corrected chi connectivity index (χ0v) is 22.8. The summed E-state index contributed by atoms with van der Waals surface area (Å²) in [5.41, 5.74) is 10.1. The molecule has 2 nitrogen and oxygen atoms in total. The molecule has 0 N–H and O–H groups in total. The second kappa shape index (κ2) is 15.6. The minimum atomic E-state index is 0.902. The lowest BCUT2D eigenvalue weighted by molar-refractivity contribution is 0.616. The van der Waals surface area contributed by atoms with Gasteiger partial charge in [-0.15, -0.1) is 0 Å². The molecule has 0 spiro atoms. The molecule has 2 aromatic rings. The summed E-state index contributed by atoms with van der Waals surface area (Å²) < 4.78 is 0. The SMILES string of the molecule is CCCCCCCCC(=Nc1ccc(CC)c(CC)c1)C(CC)=Nc1ccc(CC)c(CC)c1. The molecule has 0 heterocycles. The van der Waals surface area contributed by atoms with Crippen molar-refractivity contribution in [2.24, 2.45) is 9.98 Å². The summed E-state index contributed by atoms with van der Waals surface area (Å²) in [6.07, 6.45) is 13.9. The fourth-order valence-corrected chi connectivity index (χ4v) is 4.71. The highest BCUT2D eigenvalue weighted by atomic mass is 14.8. The number of hydrogen-bond donors (Lipinski definition) is 0. The van der Waals surface area contributed by atoms with Crippen molar-refractivity contribution in [3.05, 3.63) is 58.7 Å². The van der Waals surface area contributed by atoms with Gasteiger partial charge in [0.25, 0.3) is 0 Å². The van der Waals surface area contributed by atoms with Gasteiger partial charge in [0, 0.05) is 0 Å². The summed E-state index contributed by atoms with van der Waals surface area (Å²) in [4.78, 5) is 10.4. The van der Waals surface area contributed by atoms with Crippen LogP contribution in [0.2, 0.25) is 0 Å². The Morgan fingerprint density at radius 3 is 1.47 bits per heavy atom. The maximum atomic E-state index is 5.21. The zero-order valence-electron chi connectivity index (χ0n) is 22.8. The van der Waals surface area contributed by atoms with Crippen molar-refractivity contribution in [3.8, 4) is 0 Å². The highest BCUT2D eigenvalue weighted by Crippen LogP contribution is 2.24.